The number of anilines is 1. The number of carbonyl (C=O) groups is 2. The van der Waals surface area contributed by atoms with Crippen molar-refractivity contribution in [2.24, 2.45) is 0 Å². The van der Waals surface area contributed by atoms with Crippen LogP contribution in [0.25, 0.3) is 0 Å². The van der Waals surface area contributed by atoms with Crippen LogP contribution in [0.4, 0.5) is 5.69 Å². The van der Waals surface area contributed by atoms with Gasteiger partial charge in [0.2, 0.25) is 0 Å². The van der Waals surface area contributed by atoms with E-state index in [4.69, 9.17) is 27.9 Å². The summed E-state index contributed by atoms with van der Waals surface area (Å²) in [5, 5.41) is 3.42. The molecular weight excluding hydrogens is 349 g/mol. The van der Waals surface area contributed by atoms with Crippen LogP contribution in [0.15, 0.2) is 36.4 Å². The molecule has 0 aromatic heterocycles. The molecule has 1 atom stereocenters. The molecule has 0 saturated heterocycles. The number of rotatable bonds is 4. The summed E-state index contributed by atoms with van der Waals surface area (Å²) < 4.78 is 5.22. The summed E-state index contributed by atoms with van der Waals surface area (Å²) in [7, 11) is 0. The maximum atomic E-state index is 12.2. The maximum absolute atomic E-state index is 12.2. The van der Waals surface area contributed by atoms with Crippen molar-refractivity contribution >= 4 is 40.8 Å². The molecule has 0 fully saturated rings. The number of carbonyl (C=O) groups excluding carboxylic acids is 2. The Morgan fingerprint density at radius 1 is 0.958 bits per heavy atom. The summed E-state index contributed by atoms with van der Waals surface area (Å²) in [6.45, 7) is 5.29. The lowest BCUT2D eigenvalue weighted by atomic mass is 10.1. The van der Waals surface area contributed by atoms with Crippen molar-refractivity contribution < 1.29 is 14.3 Å². The van der Waals surface area contributed by atoms with Crippen molar-refractivity contribution in [3.8, 4) is 0 Å². The number of ether oxygens (including phenoxy) is 1. The van der Waals surface area contributed by atoms with Crippen LogP contribution in [0.2, 0.25) is 10.0 Å². The Bertz CT molecular complexity index is 749. The third-order valence-electron chi connectivity index (χ3n) is 3.24. The first-order valence-electron chi connectivity index (χ1n) is 7.31. The minimum absolute atomic E-state index is 0.401. The van der Waals surface area contributed by atoms with E-state index in [0.717, 1.165) is 11.1 Å². The van der Waals surface area contributed by atoms with Crippen LogP contribution in [0.1, 0.15) is 28.4 Å². The molecule has 24 heavy (non-hydrogen) atoms. The van der Waals surface area contributed by atoms with Gasteiger partial charge in [-0.1, -0.05) is 40.4 Å². The lowest BCUT2D eigenvalue weighted by Crippen LogP contribution is -2.30. The third-order valence-corrected chi connectivity index (χ3v) is 3.68. The van der Waals surface area contributed by atoms with Crippen molar-refractivity contribution in [2.75, 3.05) is 5.32 Å². The zero-order valence-corrected chi connectivity index (χ0v) is 15.0. The number of nitrogens with one attached hydrogen (secondary N) is 1. The second-order valence-electron chi connectivity index (χ2n) is 5.57. The second kappa shape index (κ2) is 7.69. The van der Waals surface area contributed by atoms with Gasteiger partial charge in [-0.15, -0.1) is 0 Å². The number of hydrogen-bond acceptors (Lipinski definition) is 3. The molecule has 0 aliphatic carbocycles. The molecule has 6 heteroatoms. The van der Waals surface area contributed by atoms with E-state index in [1.807, 2.05) is 19.9 Å². The molecule has 126 valence electrons. The fourth-order valence-electron chi connectivity index (χ4n) is 2.24. The van der Waals surface area contributed by atoms with Gasteiger partial charge >= 0.3 is 5.97 Å². The predicted molar refractivity (Wildman–Crippen MR) is 95.9 cm³/mol. The van der Waals surface area contributed by atoms with Gasteiger partial charge in [-0.3, -0.25) is 4.79 Å². The quantitative estimate of drug-likeness (QED) is 0.792. The average Bonchev–Trinajstić information content (AvgIpc) is 2.44. The Kier molecular flexibility index (Phi) is 5.86. The lowest BCUT2D eigenvalue weighted by Gasteiger charge is -2.14. The highest BCUT2D eigenvalue weighted by atomic mass is 35.5. The van der Waals surface area contributed by atoms with E-state index in [9.17, 15) is 9.59 Å². The zero-order chi connectivity index (χ0) is 17.9. The molecule has 0 saturated carbocycles. The molecule has 2 rings (SSSR count). The highest BCUT2D eigenvalue weighted by molar-refractivity contribution is 6.35. The standard InChI is InChI=1S/C18H17Cl2NO3/c1-10-4-11(2)6-13(5-10)18(23)24-12(3)17(22)21-16-8-14(19)7-15(20)9-16/h4-9,12H,1-3H3,(H,21,22)/t12-/m0/s1. The normalized spacial score (nSPS) is 11.7. The van der Waals surface area contributed by atoms with Gasteiger partial charge in [0.1, 0.15) is 0 Å². The van der Waals surface area contributed by atoms with Gasteiger partial charge in [-0.2, -0.15) is 0 Å². The fraction of sp³-hybridized carbons (Fsp3) is 0.222. The third kappa shape index (κ3) is 4.98. The first-order chi connectivity index (χ1) is 11.2. The molecule has 0 bridgehead atoms. The monoisotopic (exact) mass is 365 g/mol. The first-order valence-corrected chi connectivity index (χ1v) is 8.06. The Morgan fingerprint density at radius 3 is 2.04 bits per heavy atom. The van der Waals surface area contributed by atoms with Gasteiger partial charge in [0, 0.05) is 15.7 Å². The Hall–Kier alpha value is -2.04. The van der Waals surface area contributed by atoms with Crippen molar-refractivity contribution in [2.45, 2.75) is 26.9 Å². The van der Waals surface area contributed by atoms with Gasteiger partial charge < -0.3 is 10.1 Å². The summed E-state index contributed by atoms with van der Waals surface area (Å²) in [5.74, 6) is -1.01. The molecule has 0 aliphatic rings. The molecule has 1 N–H and O–H groups in total. The molecule has 0 spiro atoms. The number of aryl methyl sites for hydroxylation is 2. The van der Waals surface area contributed by atoms with Crippen LogP contribution in [0, 0.1) is 13.8 Å². The molecular formula is C18H17Cl2NO3. The zero-order valence-electron chi connectivity index (χ0n) is 13.5. The minimum atomic E-state index is -0.962. The highest BCUT2D eigenvalue weighted by Gasteiger charge is 2.19. The van der Waals surface area contributed by atoms with Crippen molar-refractivity contribution in [1.29, 1.82) is 0 Å². The maximum Gasteiger partial charge on any atom is 0.338 e. The van der Waals surface area contributed by atoms with Crippen LogP contribution in [-0.2, 0) is 9.53 Å². The van der Waals surface area contributed by atoms with Gasteiger partial charge in [-0.05, 0) is 51.1 Å². The van der Waals surface area contributed by atoms with E-state index in [0.29, 0.717) is 21.3 Å². The molecule has 0 radical (unpaired) electrons. The molecule has 1 amide bonds. The summed E-state index contributed by atoms with van der Waals surface area (Å²) in [4.78, 5) is 24.3. The SMILES string of the molecule is Cc1cc(C)cc(C(=O)O[C@@H](C)C(=O)Nc2cc(Cl)cc(Cl)c2)c1. The van der Waals surface area contributed by atoms with Crippen LogP contribution < -0.4 is 5.32 Å². The smallest absolute Gasteiger partial charge is 0.338 e. The first kappa shape index (κ1) is 18.3. The molecule has 0 heterocycles. The summed E-state index contributed by atoms with van der Waals surface area (Å²) in [5.41, 5.74) is 2.75. The number of esters is 1. The van der Waals surface area contributed by atoms with E-state index in [1.165, 1.54) is 6.92 Å². The number of hydrogen-bond donors (Lipinski definition) is 1. The van der Waals surface area contributed by atoms with Gasteiger partial charge in [-0.25, -0.2) is 4.79 Å². The molecule has 0 unspecified atom stereocenters. The summed E-state index contributed by atoms with van der Waals surface area (Å²) in [6.07, 6.45) is -0.962. The minimum Gasteiger partial charge on any atom is -0.449 e. The summed E-state index contributed by atoms with van der Waals surface area (Å²) >= 11 is 11.8. The lowest BCUT2D eigenvalue weighted by molar-refractivity contribution is -0.123. The van der Waals surface area contributed by atoms with Crippen LogP contribution in [-0.4, -0.2) is 18.0 Å². The van der Waals surface area contributed by atoms with Gasteiger partial charge in [0.25, 0.3) is 5.91 Å². The van der Waals surface area contributed by atoms with Crippen LogP contribution >= 0.6 is 23.2 Å². The number of halogens is 2. The van der Waals surface area contributed by atoms with E-state index in [-0.39, 0.29) is 0 Å². The van der Waals surface area contributed by atoms with Crippen LogP contribution in [0.3, 0.4) is 0 Å². The molecule has 0 aliphatic heterocycles. The van der Waals surface area contributed by atoms with Crippen LogP contribution in [0.5, 0.6) is 0 Å². The fourth-order valence-corrected chi connectivity index (χ4v) is 2.77. The number of benzene rings is 2. The molecule has 2 aromatic carbocycles. The van der Waals surface area contributed by atoms with Gasteiger partial charge in [0.15, 0.2) is 6.10 Å². The predicted octanol–water partition coefficient (Wildman–Crippen LogP) is 4.79. The van der Waals surface area contributed by atoms with Crippen molar-refractivity contribution in [1.82, 2.24) is 0 Å². The Morgan fingerprint density at radius 2 is 1.50 bits per heavy atom. The Balaban J connectivity index is 2.04. The highest BCUT2D eigenvalue weighted by Crippen LogP contribution is 2.22. The van der Waals surface area contributed by atoms with E-state index in [2.05, 4.69) is 5.32 Å². The van der Waals surface area contributed by atoms with E-state index < -0.39 is 18.0 Å². The van der Waals surface area contributed by atoms with E-state index >= 15 is 0 Å². The molecule has 2 aromatic rings. The topological polar surface area (TPSA) is 55.4 Å². The van der Waals surface area contributed by atoms with E-state index in [1.54, 1.807) is 30.3 Å². The van der Waals surface area contributed by atoms with Crippen molar-refractivity contribution in [3.05, 3.63) is 63.1 Å². The average molecular weight is 366 g/mol. The van der Waals surface area contributed by atoms with Gasteiger partial charge in [0.05, 0.1) is 5.56 Å². The van der Waals surface area contributed by atoms with Crippen molar-refractivity contribution in [3.63, 3.8) is 0 Å². The second-order valence-corrected chi connectivity index (χ2v) is 6.44. The largest absolute Gasteiger partial charge is 0.449 e. The number of amides is 1. The molecule has 4 nitrogen and oxygen atoms in total. The summed E-state index contributed by atoms with van der Waals surface area (Å²) in [6, 6.07) is 10.1. The Labute approximate surface area is 150 Å².